The molecule has 2 fully saturated rings. The van der Waals surface area contributed by atoms with Crippen LogP contribution in [0, 0.1) is 0 Å². The fourth-order valence-electron chi connectivity index (χ4n) is 3.70. The number of nitrogens with zero attached hydrogens (tertiary/aromatic N) is 2. The van der Waals surface area contributed by atoms with Crippen molar-refractivity contribution in [3.8, 4) is 5.75 Å². The molecule has 3 rings (SSSR count). The van der Waals surface area contributed by atoms with Crippen LogP contribution in [-0.2, 0) is 0 Å². The van der Waals surface area contributed by atoms with Gasteiger partial charge in [-0.1, -0.05) is 19.1 Å². The molecule has 1 N–H and O–H groups in total. The molecular weight excluding hydrogens is 236 g/mol. The number of hydrogen-bond donors (Lipinski definition) is 1. The van der Waals surface area contributed by atoms with Gasteiger partial charge in [0.05, 0.1) is 0 Å². The van der Waals surface area contributed by atoms with E-state index in [2.05, 4.69) is 28.9 Å². The molecule has 1 aromatic carbocycles. The van der Waals surface area contributed by atoms with Gasteiger partial charge in [0.1, 0.15) is 5.75 Å². The number of hydrogen-bond acceptors (Lipinski definition) is 3. The summed E-state index contributed by atoms with van der Waals surface area (Å²) in [5.74, 6) is 0.360. The molecular formula is C16H24N2O. The molecule has 0 saturated carbocycles. The fraction of sp³-hybridized carbons (Fsp3) is 0.625. The summed E-state index contributed by atoms with van der Waals surface area (Å²) in [5.41, 5.74) is 1.34. The van der Waals surface area contributed by atoms with Gasteiger partial charge < -0.3 is 5.11 Å². The van der Waals surface area contributed by atoms with Crippen LogP contribution >= 0.6 is 0 Å². The second kappa shape index (κ2) is 5.51. The third-order valence-electron chi connectivity index (χ3n) is 4.72. The Morgan fingerprint density at radius 3 is 2.74 bits per heavy atom. The van der Waals surface area contributed by atoms with Crippen LogP contribution in [0.25, 0.3) is 0 Å². The number of phenols is 1. The minimum absolute atomic E-state index is 0.360. The van der Waals surface area contributed by atoms with Crippen molar-refractivity contribution in [2.45, 2.75) is 38.3 Å². The molecule has 0 aromatic heterocycles. The highest BCUT2D eigenvalue weighted by Gasteiger charge is 2.33. The number of rotatable bonds is 3. The Morgan fingerprint density at radius 2 is 2.00 bits per heavy atom. The van der Waals surface area contributed by atoms with Crippen LogP contribution < -0.4 is 0 Å². The normalized spacial score (nSPS) is 26.3. The van der Waals surface area contributed by atoms with E-state index in [9.17, 15) is 5.11 Å². The molecule has 0 radical (unpaired) electrons. The highest BCUT2D eigenvalue weighted by molar-refractivity contribution is 5.28. The molecule has 2 heterocycles. The Hall–Kier alpha value is -1.06. The number of benzene rings is 1. The Balaban J connectivity index is 1.73. The van der Waals surface area contributed by atoms with E-state index in [1.807, 2.05) is 12.1 Å². The lowest BCUT2D eigenvalue weighted by atomic mass is 10.0. The number of fused-ring (bicyclic) bond motifs is 1. The minimum atomic E-state index is 0.360. The van der Waals surface area contributed by atoms with E-state index in [0.29, 0.717) is 11.8 Å². The molecule has 3 nitrogen and oxygen atoms in total. The average Bonchev–Trinajstić information content (AvgIpc) is 2.89. The maximum atomic E-state index is 9.42. The number of phenolic OH excluding ortho intramolecular Hbond substituents is 1. The quantitative estimate of drug-likeness (QED) is 0.905. The molecule has 2 aliphatic heterocycles. The second-order valence-electron chi connectivity index (χ2n) is 5.84. The van der Waals surface area contributed by atoms with Crippen LogP contribution in [0.4, 0.5) is 0 Å². The second-order valence-corrected chi connectivity index (χ2v) is 5.84. The summed E-state index contributed by atoms with van der Waals surface area (Å²) in [6.07, 6.45) is 3.87. The molecule has 0 amide bonds. The molecule has 19 heavy (non-hydrogen) atoms. The van der Waals surface area contributed by atoms with Crippen molar-refractivity contribution in [1.29, 1.82) is 0 Å². The summed E-state index contributed by atoms with van der Waals surface area (Å²) in [6, 6.07) is 9.05. The zero-order valence-corrected chi connectivity index (χ0v) is 11.8. The Labute approximate surface area is 115 Å². The van der Waals surface area contributed by atoms with Gasteiger partial charge in [-0.25, -0.2) is 0 Å². The number of piperazine rings is 1. The standard InChI is InChI=1S/C16H24N2O/c1-2-16(13-5-7-15(19)8-6-13)18-11-10-17-9-3-4-14(17)12-18/h5-8,14,16,19H,2-4,9-12H2,1H3. The lowest BCUT2D eigenvalue weighted by Crippen LogP contribution is -2.50. The Kier molecular flexibility index (Phi) is 3.76. The fourth-order valence-corrected chi connectivity index (χ4v) is 3.70. The highest BCUT2D eigenvalue weighted by atomic mass is 16.3. The summed E-state index contributed by atoms with van der Waals surface area (Å²) in [4.78, 5) is 5.29. The van der Waals surface area contributed by atoms with E-state index in [-0.39, 0.29) is 0 Å². The van der Waals surface area contributed by atoms with E-state index in [1.54, 1.807) is 0 Å². The first-order valence-corrected chi connectivity index (χ1v) is 7.55. The van der Waals surface area contributed by atoms with E-state index >= 15 is 0 Å². The van der Waals surface area contributed by atoms with Gasteiger partial charge in [-0.3, -0.25) is 9.80 Å². The molecule has 2 unspecified atom stereocenters. The van der Waals surface area contributed by atoms with Crippen LogP contribution in [0.15, 0.2) is 24.3 Å². The van der Waals surface area contributed by atoms with Gasteiger partial charge in [0.25, 0.3) is 0 Å². The van der Waals surface area contributed by atoms with Crippen molar-refractivity contribution in [2.75, 3.05) is 26.2 Å². The summed E-state index contributed by atoms with van der Waals surface area (Å²) >= 11 is 0. The topological polar surface area (TPSA) is 26.7 Å². The SMILES string of the molecule is CCC(c1ccc(O)cc1)N1CCN2CCCC2C1. The summed E-state index contributed by atoms with van der Waals surface area (Å²) in [6.45, 7) is 7.17. The maximum absolute atomic E-state index is 9.42. The van der Waals surface area contributed by atoms with Crippen LogP contribution in [0.5, 0.6) is 5.75 Å². The monoisotopic (exact) mass is 260 g/mol. The largest absolute Gasteiger partial charge is 0.508 e. The first-order chi connectivity index (χ1) is 9.28. The first kappa shape index (κ1) is 12.9. The van der Waals surface area contributed by atoms with Crippen LogP contribution in [0.1, 0.15) is 37.8 Å². The van der Waals surface area contributed by atoms with Crippen molar-refractivity contribution < 1.29 is 5.11 Å². The zero-order chi connectivity index (χ0) is 13.2. The molecule has 2 atom stereocenters. The lowest BCUT2D eigenvalue weighted by molar-refractivity contribution is 0.0695. The van der Waals surface area contributed by atoms with Gasteiger partial charge in [-0.05, 0) is 43.5 Å². The van der Waals surface area contributed by atoms with Gasteiger partial charge in [0, 0.05) is 31.7 Å². The summed E-state index contributed by atoms with van der Waals surface area (Å²) in [5, 5.41) is 9.42. The predicted molar refractivity (Wildman–Crippen MR) is 77.3 cm³/mol. The van der Waals surface area contributed by atoms with Crippen molar-refractivity contribution in [3.05, 3.63) is 29.8 Å². The molecule has 0 spiro atoms. The van der Waals surface area contributed by atoms with E-state index in [1.165, 1.54) is 44.6 Å². The van der Waals surface area contributed by atoms with Crippen LogP contribution in [0.3, 0.4) is 0 Å². The number of aromatic hydroxyl groups is 1. The lowest BCUT2D eigenvalue weighted by Gasteiger charge is -2.41. The van der Waals surface area contributed by atoms with Crippen molar-refractivity contribution in [1.82, 2.24) is 9.80 Å². The molecule has 2 saturated heterocycles. The third kappa shape index (κ3) is 2.63. The Bertz CT molecular complexity index is 417. The predicted octanol–water partition coefficient (Wildman–Crippen LogP) is 2.62. The first-order valence-electron chi connectivity index (χ1n) is 7.55. The zero-order valence-electron chi connectivity index (χ0n) is 11.8. The molecule has 1 aromatic rings. The molecule has 0 bridgehead atoms. The molecule has 2 aliphatic rings. The van der Waals surface area contributed by atoms with Crippen molar-refractivity contribution in [2.24, 2.45) is 0 Å². The van der Waals surface area contributed by atoms with Crippen molar-refractivity contribution >= 4 is 0 Å². The summed E-state index contributed by atoms with van der Waals surface area (Å²) in [7, 11) is 0. The van der Waals surface area contributed by atoms with E-state index in [0.717, 1.165) is 12.5 Å². The van der Waals surface area contributed by atoms with Gasteiger partial charge in [0.2, 0.25) is 0 Å². The van der Waals surface area contributed by atoms with Gasteiger partial charge in [-0.2, -0.15) is 0 Å². The van der Waals surface area contributed by atoms with E-state index < -0.39 is 0 Å². The minimum Gasteiger partial charge on any atom is -0.508 e. The molecule has 3 heteroatoms. The average molecular weight is 260 g/mol. The van der Waals surface area contributed by atoms with Gasteiger partial charge >= 0.3 is 0 Å². The molecule has 0 aliphatic carbocycles. The van der Waals surface area contributed by atoms with Crippen molar-refractivity contribution in [3.63, 3.8) is 0 Å². The molecule has 104 valence electrons. The van der Waals surface area contributed by atoms with E-state index in [4.69, 9.17) is 0 Å². The van der Waals surface area contributed by atoms with Gasteiger partial charge in [0.15, 0.2) is 0 Å². The third-order valence-corrected chi connectivity index (χ3v) is 4.72. The van der Waals surface area contributed by atoms with Gasteiger partial charge in [-0.15, -0.1) is 0 Å². The maximum Gasteiger partial charge on any atom is 0.115 e. The summed E-state index contributed by atoms with van der Waals surface area (Å²) < 4.78 is 0. The smallest absolute Gasteiger partial charge is 0.115 e. The van der Waals surface area contributed by atoms with Crippen LogP contribution in [0.2, 0.25) is 0 Å². The Morgan fingerprint density at radius 1 is 1.21 bits per heavy atom. The van der Waals surface area contributed by atoms with Crippen LogP contribution in [-0.4, -0.2) is 47.1 Å². The highest BCUT2D eigenvalue weighted by Crippen LogP contribution is 2.30.